The molecule has 0 fully saturated rings. The Morgan fingerprint density at radius 2 is 1.27 bits per heavy atom. The SMILES string of the molecule is Cn1ccnn1.Cn1nncc1C(O)c1ccc(OCc2ccccc2)cc1.O=Cc1ccc(OCc2ccccc2)cc1. The summed E-state index contributed by atoms with van der Waals surface area (Å²) in [6.07, 6.45) is 5.05. The Morgan fingerprint density at radius 3 is 1.68 bits per heavy atom. The molecular formula is C34H34N6O4. The molecule has 2 aromatic heterocycles. The van der Waals surface area contributed by atoms with E-state index in [0.29, 0.717) is 24.5 Å². The zero-order valence-electron chi connectivity index (χ0n) is 24.5. The van der Waals surface area contributed by atoms with Crippen LogP contribution in [0.4, 0.5) is 0 Å². The number of hydrogen-bond acceptors (Lipinski definition) is 8. The highest BCUT2D eigenvalue weighted by Crippen LogP contribution is 2.23. The fraction of sp³-hybridized carbons (Fsp3) is 0.147. The number of aromatic nitrogens is 6. The van der Waals surface area contributed by atoms with Gasteiger partial charge in [-0.1, -0.05) is 83.2 Å². The van der Waals surface area contributed by atoms with E-state index in [9.17, 15) is 9.90 Å². The van der Waals surface area contributed by atoms with Gasteiger partial charge in [-0.3, -0.25) is 9.48 Å². The molecule has 1 N–H and O–H groups in total. The lowest BCUT2D eigenvalue weighted by Gasteiger charge is -2.12. The summed E-state index contributed by atoms with van der Waals surface area (Å²) in [5.41, 5.74) is 4.33. The highest BCUT2D eigenvalue weighted by atomic mass is 16.5. The van der Waals surface area contributed by atoms with E-state index in [0.717, 1.165) is 34.5 Å². The molecule has 6 rings (SSSR count). The van der Waals surface area contributed by atoms with E-state index in [4.69, 9.17) is 9.47 Å². The molecule has 44 heavy (non-hydrogen) atoms. The van der Waals surface area contributed by atoms with Crippen molar-refractivity contribution < 1.29 is 19.4 Å². The Balaban J connectivity index is 0.000000174. The summed E-state index contributed by atoms with van der Waals surface area (Å²) in [6, 6.07) is 34.4. The first-order valence-electron chi connectivity index (χ1n) is 13.8. The number of hydrogen-bond donors (Lipinski definition) is 1. The van der Waals surface area contributed by atoms with Crippen molar-refractivity contribution in [1.82, 2.24) is 30.0 Å². The van der Waals surface area contributed by atoms with Crippen LogP contribution in [0.25, 0.3) is 0 Å². The van der Waals surface area contributed by atoms with Crippen molar-refractivity contribution in [2.24, 2.45) is 14.1 Å². The molecule has 224 valence electrons. The molecule has 0 spiro atoms. The molecule has 0 amide bonds. The zero-order valence-corrected chi connectivity index (χ0v) is 24.5. The van der Waals surface area contributed by atoms with Crippen LogP contribution in [0.15, 0.2) is 128 Å². The fourth-order valence-electron chi connectivity index (χ4n) is 3.85. The Morgan fingerprint density at radius 1 is 0.727 bits per heavy atom. The maximum atomic E-state index is 10.5. The molecule has 0 saturated carbocycles. The third-order valence-corrected chi connectivity index (χ3v) is 6.28. The number of aryl methyl sites for hydroxylation is 2. The maximum Gasteiger partial charge on any atom is 0.150 e. The first kappa shape index (κ1) is 31.3. The number of carbonyl (C=O) groups is 1. The summed E-state index contributed by atoms with van der Waals surface area (Å²) < 4.78 is 14.5. The zero-order chi connectivity index (χ0) is 31.0. The van der Waals surface area contributed by atoms with Crippen LogP contribution >= 0.6 is 0 Å². The van der Waals surface area contributed by atoms with E-state index in [2.05, 4.69) is 20.6 Å². The molecule has 1 unspecified atom stereocenters. The molecule has 2 heterocycles. The monoisotopic (exact) mass is 590 g/mol. The van der Waals surface area contributed by atoms with Crippen LogP contribution in [0.5, 0.6) is 11.5 Å². The molecule has 0 radical (unpaired) electrons. The minimum absolute atomic E-state index is 0.522. The van der Waals surface area contributed by atoms with Crippen LogP contribution in [0.1, 0.15) is 38.8 Å². The lowest BCUT2D eigenvalue weighted by atomic mass is 10.1. The van der Waals surface area contributed by atoms with Crippen molar-refractivity contribution in [3.63, 3.8) is 0 Å². The third-order valence-electron chi connectivity index (χ3n) is 6.28. The number of rotatable bonds is 9. The lowest BCUT2D eigenvalue weighted by molar-refractivity contribution is 0.112. The number of aliphatic hydroxyl groups excluding tert-OH is 1. The van der Waals surface area contributed by atoms with Gasteiger partial charge in [-0.15, -0.1) is 10.2 Å². The van der Waals surface area contributed by atoms with Crippen LogP contribution in [0.3, 0.4) is 0 Å². The third kappa shape index (κ3) is 10.0. The molecule has 0 aliphatic carbocycles. The minimum Gasteiger partial charge on any atom is -0.489 e. The molecule has 0 aliphatic rings. The molecule has 6 aromatic rings. The van der Waals surface area contributed by atoms with Gasteiger partial charge < -0.3 is 14.6 Å². The van der Waals surface area contributed by atoms with Crippen molar-refractivity contribution in [3.05, 3.63) is 156 Å². The van der Waals surface area contributed by atoms with Gasteiger partial charge in [0.25, 0.3) is 0 Å². The van der Waals surface area contributed by atoms with Gasteiger partial charge in [-0.2, -0.15) is 0 Å². The average Bonchev–Trinajstić information content (AvgIpc) is 3.75. The fourth-order valence-corrected chi connectivity index (χ4v) is 3.85. The van der Waals surface area contributed by atoms with Crippen molar-refractivity contribution in [1.29, 1.82) is 0 Å². The molecule has 1 atom stereocenters. The molecule has 0 saturated heterocycles. The average molecular weight is 591 g/mol. The Kier molecular flexibility index (Phi) is 11.9. The van der Waals surface area contributed by atoms with E-state index in [1.54, 1.807) is 59.3 Å². The van der Waals surface area contributed by atoms with Gasteiger partial charge in [0, 0.05) is 25.9 Å². The Labute approximate surface area is 256 Å². The van der Waals surface area contributed by atoms with Gasteiger partial charge in [0.15, 0.2) is 0 Å². The summed E-state index contributed by atoms with van der Waals surface area (Å²) in [5.74, 6) is 1.54. The predicted molar refractivity (Wildman–Crippen MR) is 166 cm³/mol. The minimum atomic E-state index is -0.747. The summed E-state index contributed by atoms with van der Waals surface area (Å²) in [7, 11) is 3.58. The van der Waals surface area contributed by atoms with Gasteiger partial charge in [0.05, 0.1) is 18.1 Å². The van der Waals surface area contributed by atoms with Crippen LogP contribution in [-0.4, -0.2) is 41.4 Å². The molecular weight excluding hydrogens is 556 g/mol. The lowest BCUT2D eigenvalue weighted by Crippen LogP contribution is -2.06. The van der Waals surface area contributed by atoms with Crippen LogP contribution < -0.4 is 9.47 Å². The van der Waals surface area contributed by atoms with Crippen molar-refractivity contribution in [3.8, 4) is 11.5 Å². The normalized spacial score (nSPS) is 10.8. The molecule has 0 aliphatic heterocycles. The predicted octanol–water partition coefficient (Wildman–Crippen LogP) is 5.37. The number of nitrogens with zero attached hydrogens (tertiary/aromatic N) is 6. The maximum absolute atomic E-state index is 10.5. The van der Waals surface area contributed by atoms with Gasteiger partial charge in [-0.25, -0.2) is 4.68 Å². The van der Waals surface area contributed by atoms with E-state index in [1.165, 1.54) is 0 Å². The van der Waals surface area contributed by atoms with Crippen LogP contribution in [0, 0.1) is 0 Å². The van der Waals surface area contributed by atoms with Crippen molar-refractivity contribution in [2.75, 3.05) is 0 Å². The molecule has 10 nitrogen and oxygen atoms in total. The molecule has 0 bridgehead atoms. The number of benzene rings is 4. The first-order chi connectivity index (χ1) is 21.5. The van der Waals surface area contributed by atoms with Crippen molar-refractivity contribution in [2.45, 2.75) is 19.3 Å². The summed E-state index contributed by atoms with van der Waals surface area (Å²) >= 11 is 0. The number of aliphatic hydroxyl groups is 1. The number of ether oxygens (including phenoxy) is 2. The van der Waals surface area contributed by atoms with E-state index in [1.807, 2.05) is 92.0 Å². The number of aldehydes is 1. The topological polar surface area (TPSA) is 117 Å². The smallest absolute Gasteiger partial charge is 0.150 e. The van der Waals surface area contributed by atoms with Gasteiger partial charge >= 0.3 is 0 Å². The summed E-state index contributed by atoms with van der Waals surface area (Å²) in [4.78, 5) is 10.5. The molecule has 4 aromatic carbocycles. The second kappa shape index (κ2) is 16.7. The van der Waals surface area contributed by atoms with Crippen molar-refractivity contribution >= 4 is 6.29 Å². The largest absolute Gasteiger partial charge is 0.489 e. The Hall–Kier alpha value is -5.61. The van der Waals surface area contributed by atoms with E-state index in [-0.39, 0.29) is 0 Å². The quantitative estimate of drug-likeness (QED) is 0.224. The Bertz CT molecular complexity index is 1640. The van der Waals surface area contributed by atoms with E-state index >= 15 is 0 Å². The summed E-state index contributed by atoms with van der Waals surface area (Å²) in [5, 5.41) is 25.0. The second-order valence-electron chi connectivity index (χ2n) is 9.57. The first-order valence-corrected chi connectivity index (χ1v) is 13.8. The van der Waals surface area contributed by atoms with Gasteiger partial charge in [-0.05, 0) is 53.1 Å². The summed E-state index contributed by atoms with van der Waals surface area (Å²) in [6.45, 7) is 1.07. The number of carbonyl (C=O) groups excluding carboxylic acids is 1. The van der Waals surface area contributed by atoms with Gasteiger partial charge in [0.1, 0.15) is 37.1 Å². The highest BCUT2D eigenvalue weighted by molar-refractivity contribution is 5.74. The standard InChI is InChI=1S/C17H17N3O2.C14H12O2.C3H5N3/c1-20-16(11-18-19-20)17(21)14-7-9-15(10-8-14)22-12-13-5-3-2-4-6-13;15-10-12-6-8-14(9-7-12)16-11-13-4-2-1-3-5-13;1-6-3-2-4-5-6/h2-11,17,21H,12H2,1H3;1-10H,11H2;2-3H,1H3. The second-order valence-corrected chi connectivity index (χ2v) is 9.57. The van der Waals surface area contributed by atoms with E-state index < -0.39 is 6.10 Å². The molecule has 10 heteroatoms. The van der Waals surface area contributed by atoms with Crippen LogP contribution in [0.2, 0.25) is 0 Å². The highest BCUT2D eigenvalue weighted by Gasteiger charge is 2.14. The van der Waals surface area contributed by atoms with Crippen LogP contribution in [-0.2, 0) is 27.3 Å². The van der Waals surface area contributed by atoms with Gasteiger partial charge in [0.2, 0.25) is 0 Å².